The fourth-order valence-corrected chi connectivity index (χ4v) is 1.98. The maximum absolute atomic E-state index is 12.9. The molecule has 1 heterocycles. The Labute approximate surface area is 99.4 Å². The number of fused-ring (bicyclic) bond motifs is 1. The first-order chi connectivity index (χ1) is 8.23. The lowest BCUT2D eigenvalue weighted by atomic mass is 10.0. The summed E-state index contributed by atoms with van der Waals surface area (Å²) in [6.45, 7) is 1.31. The smallest absolute Gasteiger partial charge is 0.417 e. The molecule has 0 saturated carbocycles. The maximum Gasteiger partial charge on any atom is 0.417 e. The minimum atomic E-state index is -4.57. The van der Waals surface area contributed by atoms with Crippen LogP contribution in [0.1, 0.15) is 11.1 Å². The van der Waals surface area contributed by atoms with Gasteiger partial charge in [0.05, 0.1) is 11.1 Å². The van der Waals surface area contributed by atoms with Crippen molar-refractivity contribution in [2.24, 2.45) is 5.73 Å². The average Bonchev–Trinajstić information content (AvgIpc) is 2.50. The number of hydrogen-bond donors (Lipinski definition) is 2. The second-order valence-electron chi connectivity index (χ2n) is 3.86. The van der Waals surface area contributed by atoms with Gasteiger partial charge in [0.2, 0.25) is 0 Å². The number of rotatable bonds is 0. The lowest BCUT2D eigenvalue weighted by Gasteiger charge is -2.11. The van der Waals surface area contributed by atoms with Gasteiger partial charge in [0.1, 0.15) is 0 Å². The molecule has 1 aromatic heterocycles. The van der Waals surface area contributed by atoms with Crippen molar-refractivity contribution in [2.45, 2.75) is 13.1 Å². The minimum Gasteiger partial charge on any atom is -0.494 e. The highest BCUT2D eigenvalue weighted by molar-refractivity contribution is 5.95. The molecule has 0 unspecified atom stereocenters. The van der Waals surface area contributed by atoms with Gasteiger partial charge >= 0.3 is 12.2 Å². The second kappa shape index (κ2) is 3.66. The topological polar surface area (TPSA) is 68.2 Å². The highest BCUT2D eigenvalue weighted by Gasteiger charge is 2.35. The fraction of sp³-hybridized carbons (Fsp3) is 0.182. The molecule has 18 heavy (non-hydrogen) atoms. The molecule has 0 aliphatic rings. The number of amides is 1. The summed E-state index contributed by atoms with van der Waals surface area (Å²) in [6, 6.07) is 2.38. The summed E-state index contributed by atoms with van der Waals surface area (Å²) in [7, 11) is 0. The zero-order valence-electron chi connectivity index (χ0n) is 9.25. The lowest BCUT2D eigenvalue weighted by molar-refractivity contribution is -0.136. The molecule has 3 N–H and O–H groups in total. The molecule has 2 rings (SSSR count). The Balaban J connectivity index is 2.92. The highest BCUT2D eigenvalue weighted by atomic mass is 19.4. The van der Waals surface area contributed by atoms with E-state index in [0.29, 0.717) is 4.57 Å². The van der Waals surface area contributed by atoms with Crippen LogP contribution in [0.15, 0.2) is 18.2 Å². The Kier molecular flexibility index (Phi) is 2.50. The summed E-state index contributed by atoms with van der Waals surface area (Å²) in [5.74, 6) is -0.617. The van der Waals surface area contributed by atoms with Crippen molar-refractivity contribution in [3.8, 4) is 5.88 Å². The van der Waals surface area contributed by atoms with Crippen LogP contribution in [0, 0.1) is 6.92 Å². The molecule has 0 fully saturated rings. The molecule has 1 amide bonds. The van der Waals surface area contributed by atoms with Gasteiger partial charge in [-0.05, 0) is 18.6 Å². The van der Waals surface area contributed by atoms with Crippen LogP contribution in [-0.2, 0) is 6.18 Å². The van der Waals surface area contributed by atoms with Crippen LogP contribution in [0.25, 0.3) is 10.9 Å². The summed E-state index contributed by atoms with van der Waals surface area (Å²) in [6.07, 6.45) is -4.57. The van der Waals surface area contributed by atoms with Crippen LogP contribution in [0.4, 0.5) is 18.0 Å². The molecule has 0 spiro atoms. The van der Waals surface area contributed by atoms with Crippen LogP contribution >= 0.6 is 0 Å². The summed E-state index contributed by atoms with van der Waals surface area (Å²) >= 11 is 0. The number of nitrogens with two attached hydrogens (primary N) is 1. The molecular formula is C11H9F3N2O2. The predicted octanol–water partition coefficient (Wildman–Crippen LogP) is 2.60. The van der Waals surface area contributed by atoms with Gasteiger partial charge < -0.3 is 10.8 Å². The number of aromatic hydroxyl groups is 1. The third-order valence-corrected chi connectivity index (χ3v) is 2.68. The van der Waals surface area contributed by atoms with Crippen molar-refractivity contribution < 1.29 is 23.1 Å². The van der Waals surface area contributed by atoms with Gasteiger partial charge in [-0.15, -0.1) is 0 Å². The molecule has 0 saturated heterocycles. The molecular weight excluding hydrogens is 249 g/mol. The largest absolute Gasteiger partial charge is 0.494 e. The Morgan fingerprint density at radius 2 is 2.00 bits per heavy atom. The van der Waals surface area contributed by atoms with E-state index >= 15 is 0 Å². The molecule has 4 nitrogen and oxygen atoms in total. The van der Waals surface area contributed by atoms with Crippen LogP contribution < -0.4 is 5.73 Å². The first kappa shape index (κ1) is 12.3. The van der Waals surface area contributed by atoms with Gasteiger partial charge in [-0.3, -0.25) is 0 Å². The van der Waals surface area contributed by atoms with Crippen molar-refractivity contribution >= 4 is 16.9 Å². The number of halogens is 3. The SMILES string of the molecule is Cc1ccc2c(cc(O)n2C(N)=O)c1C(F)(F)F. The average molecular weight is 258 g/mol. The van der Waals surface area contributed by atoms with Crippen LogP contribution in [0.2, 0.25) is 0 Å². The molecule has 0 bridgehead atoms. The summed E-state index contributed by atoms with van der Waals surface area (Å²) < 4.78 is 39.4. The number of primary amides is 1. The summed E-state index contributed by atoms with van der Waals surface area (Å²) in [4.78, 5) is 11.1. The zero-order chi connectivity index (χ0) is 13.7. The van der Waals surface area contributed by atoms with Crippen molar-refractivity contribution in [3.63, 3.8) is 0 Å². The quantitative estimate of drug-likeness (QED) is 0.762. The first-order valence-corrected chi connectivity index (χ1v) is 4.94. The molecule has 0 radical (unpaired) electrons. The van der Waals surface area contributed by atoms with Crippen LogP contribution in [0.3, 0.4) is 0 Å². The van der Waals surface area contributed by atoms with Crippen molar-refractivity contribution in [1.29, 1.82) is 0 Å². The Morgan fingerprint density at radius 3 is 2.50 bits per heavy atom. The number of benzene rings is 1. The van der Waals surface area contributed by atoms with Crippen molar-refractivity contribution in [1.82, 2.24) is 4.57 Å². The molecule has 0 aliphatic heterocycles. The van der Waals surface area contributed by atoms with Gasteiger partial charge in [-0.1, -0.05) is 6.07 Å². The normalized spacial score (nSPS) is 12.0. The Morgan fingerprint density at radius 1 is 1.39 bits per heavy atom. The number of carbonyl (C=O) groups excluding carboxylic acids is 1. The Bertz CT molecular complexity index is 644. The molecule has 96 valence electrons. The van der Waals surface area contributed by atoms with E-state index in [-0.39, 0.29) is 16.5 Å². The van der Waals surface area contributed by atoms with Crippen molar-refractivity contribution in [3.05, 3.63) is 29.3 Å². The second-order valence-corrected chi connectivity index (χ2v) is 3.86. The van der Waals surface area contributed by atoms with E-state index in [4.69, 9.17) is 5.73 Å². The number of carbonyl (C=O) groups is 1. The number of nitrogens with zero attached hydrogens (tertiary/aromatic N) is 1. The molecule has 1 aromatic carbocycles. The van der Waals surface area contributed by atoms with Gasteiger partial charge in [0.25, 0.3) is 0 Å². The van der Waals surface area contributed by atoms with E-state index in [9.17, 15) is 23.1 Å². The number of alkyl halides is 3. The standard InChI is InChI=1S/C11H9F3N2O2/c1-5-2-3-7-6(9(5)11(12,13)14)4-8(17)16(7)10(15)18/h2-4,17H,1H3,(H2,15,18). The van der Waals surface area contributed by atoms with E-state index in [1.165, 1.54) is 19.1 Å². The number of aryl methyl sites for hydroxylation is 1. The van der Waals surface area contributed by atoms with Gasteiger partial charge in [-0.2, -0.15) is 13.2 Å². The summed E-state index contributed by atoms with van der Waals surface area (Å²) in [5, 5.41) is 9.23. The minimum absolute atomic E-state index is 0.0108. The third-order valence-electron chi connectivity index (χ3n) is 2.68. The Hall–Kier alpha value is -2.18. The van der Waals surface area contributed by atoms with E-state index in [1.54, 1.807) is 0 Å². The van der Waals surface area contributed by atoms with E-state index in [1.807, 2.05) is 0 Å². The van der Waals surface area contributed by atoms with E-state index in [2.05, 4.69) is 0 Å². The van der Waals surface area contributed by atoms with Gasteiger partial charge in [-0.25, -0.2) is 9.36 Å². The molecule has 7 heteroatoms. The number of hydrogen-bond acceptors (Lipinski definition) is 2. The van der Waals surface area contributed by atoms with E-state index < -0.39 is 23.7 Å². The molecule has 0 aliphatic carbocycles. The van der Waals surface area contributed by atoms with E-state index in [0.717, 1.165) is 6.07 Å². The van der Waals surface area contributed by atoms with Gasteiger partial charge in [0.15, 0.2) is 5.88 Å². The van der Waals surface area contributed by atoms with Crippen LogP contribution in [0.5, 0.6) is 5.88 Å². The van der Waals surface area contributed by atoms with Gasteiger partial charge in [0, 0.05) is 11.5 Å². The van der Waals surface area contributed by atoms with Crippen LogP contribution in [-0.4, -0.2) is 15.7 Å². The predicted molar refractivity (Wildman–Crippen MR) is 58.3 cm³/mol. The lowest BCUT2D eigenvalue weighted by Crippen LogP contribution is -2.18. The highest BCUT2D eigenvalue weighted by Crippen LogP contribution is 2.39. The fourth-order valence-electron chi connectivity index (χ4n) is 1.98. The van der Waals surface area contributed by atoms with Crippen molar-refractivity contribution in [2.75, 3.05) is 0 Å². The summed E-state index contributed by atoms with van der Waals surface area (Å²) in [5.41, 5.74) is 4.07. The molecule has 2 aromatic rings. The number of aromatic nitrogens is 1. The monoisotopic (exact) mass is 258 g/mol. The zero-order valence-corrected chi connectivity index (χ0v) is 9.25. The third kappa shape index (κ3) is 1.68. The first-order valence-electron chi connectivity index (χ1n) is 4.94. The maximum atomic E-state index is 12.9. The molecule has 0 atom stereocenters.